The molecule has 1 fully saturated rings. The van der Waals surface area contributed by atoms with E-state index in [2.05, 4.69) is 30.4 Å². The lowest BCUT2D eigenvalue weighted by molar-refractivity contribution is 0.0739. The maximum absolute atomic E-state index is 13.2. The summed E-state index contributed by atoms with van der Waals surface area (Å²) in [6.07, 6.45) is 3.84. The van der Waals surface area contributed by atoms with Crippen LogP contribution >= 0.6 is 0 Å². The Morgan fingerprint density at radius 1 is 1.31 bits per heavy atom. The van der Waals surface area contributed by atoms with Crippen LogP contribution < -0.4 is 16.0 Å². The average molecular weight is 478 g/mol. The Labute approximate surface area is 204 Å². The first-order valence-corrected chi connectivity index (χ1v) is 11.6. The summed E-state index contributed by atoms with van der Waals surface area (Å²) in [6.45, 7) is 6.53. The van der Waals surface area contributed by atoms with E-state index in [-0.39, 0.29) is 11.6 Å². The first-order valence-electron chi connectivity index (χ1n) is 11.6. The topological polar surface area (TPSA) is 142 Å². The van der Waals surface area contributed by atoms with E-state index in [4.69, 9.17) is 10.5 Å². The van der Waals surface area contributed by atoms with Crippen LogP contribution in [0.5, 0.6) is 0 Å². The molecule has 10 nitrogen and oxygen atoms in total. The summed E-state index contributed by atoms with van der Waals surface area (Å²) in [5.74, 6) is -0.337. The Hall–Kier alpha value is -3.76. The molecule has 184 valence electrons. The first-order chi connectivity index (χ1) is 16.8. The van der Waals surface area contributed by atoms with Gasteiger partial charge < -0.3 is 25.8 Å². The highest BCUT2D eigenvalue weighted by Gasteiger charge is 2.20. The number of ether oxygens (including phenoxy) is 1. The number of amides is 1. The van der Waals surface area contributed by atoms with Gasteiger partial charge in [0, 0.05) is 43.3 Å². The zero-order valence-electron chi connectivity index (χ0n) is 20.0. The number of rotatable bonds is 8. The molecule has 0 unspecified atom stereocenters. The van der Waals surface area contributed by atoms with E-state index in [0.29, 0.717) is 61.9 Å². The molecule has 0 radical (unpaired) electrons. The number of carbonyl (C=O) groups is 1. The fourth-order valence-corrected chi connectivity index (χ4v) is 3.70. The predicted molar refractivity (Wildman–Crippen MR) is 137 cm³/mol. The molecule has 0 saturated carbocycles. The van der Waals surface area contributed by atoms with Crippen molar-refractivity contribution in [3.05, 3.63) is 53.9 Å². The third kappa shape index (κ3) is 6.43. The number of nitrogens with two attached hydrogens (primary N) is 1. The number of H-pyrrole nitrogens is 1. The molecule has 1 aliphatic rings. The molecule has 4 rings (SSSR count). The Morgan fingerprint density at radius 3 is 2.83 bits per heavy atom. The molecule has 2 aromatic heterocycles. The maximum atomic E-state index is 13.2. The largest absolute Gasteiger partial charge is 0.398 e. The monoisotopic (exact) mass is 477 g/mol. The van der Waals surface area contributed by atoms with E-state index < -0.39 is 5.60 Å². The summed E-state index contributed by atoms with van der Waals surface area (Å²) in [6, 6.07) is 10.7. The van der Waals surface area contributed by atoms with Gasteiger partial charge in [0.25, 0.3) is 5.91 Å². The van der Waals surface area contributed by atoms with Gasteiger partial charge in [-0.3, -0.25) is 14.9 Å². The Bertz CT molecular complexity index is 1180. The number of nitrogens with one attached hydrogen (secondary N) is 2. The summed E-state index contributed by atoms with van der Waals surface area (Å²) in [5, 5.41) is 19.7. The van der Waals surface area contributed by atoms with Gasteiger partial charge >= 0.3 is 0 Å². The molecule has 0 spiro atoms. The quantitative estimate of drug-likeness (QED) is 0.289. The molecular weight excluding hydrogens is 446 g/mol. The number of aliphatic hydroxyl groups is 1. The van der Waals surface area contributed by atoms with E-state index in [1.807, 2.05) is 18.2 Å². The molecule has 3 aromatic rings. The van der Waals surface area contributed by atoms with E-state index in [1.165, 1.54) is 0 Å². The second-order valence-corrected chi connectivity index (χ2v) is 9.03. The maximum Gasteiger partial charge on any atom is 0.274 e. The summed E-state index contributed by atoms with van der Waals surface area (Å²) < 4.78 is 5.49. The third-order valence-corrected chi connectivity index (χ3v) is 5.64. The summed E-state index contributed by atoms with van der Waals surface area (Å²) in [7, 11) is 0. The van der Waals surface area contributed by atoms with E-state index in [9.17, 15) is 9.90 Å². The van der Waals surface area contributed by atoms with E-state index >= 15 is 0 Å². The average Bonchev–Trinajstić information content (AvgIpc) is 3.38. The van der Waals surface area contributed by atoms with Crippen molar-refractivity contribution in [2.24, 2.45) is 4.99 Å². The first kappa shape index (κ1) is 24.4. The molecule has 1 saturated heterocycles. The zero-order valence-corrected chi connectivity index (χ0v) is 20.0. The van der Waals surface area contributed by atoms with E-state index in [0.717, 1.165) is 11.4 Å². The smallest absolute Gasteiger partial charge is 0.274 e. The SMILES string of the molecule is CC(C)(O)CCN=Cc1cc(NC(=O)c2cccc(-c3ccn[nH]3)n2)c(N2CCOCC2)cc1N. The van der Waals surface area contributed by atoms with Gasteiger partial charge in [0.2, 0.25) is 0 Å². The molecular formula is C25H31N7O3. The molecule has 10 heteroatoms. The van der Waals surface area contributed by atoms with Crippen molar-refractivity contribution in [3.8, 4) is 11.4 Å². The number of aliphatic imine (C=N–C) groups is 1. The van der Waals surface area contributed by atoms with Gasteiger partial charge in [-0.2, -0.15) is 5.10 Å². The van der Waals surface area contributed by atoms with Crippen molar-refractivity contribution in [3.63, 3.8) is 0 Å². The molecule has 1 amide bonds. The fraction of sp³-hybridized carbons (Fsp3) is 0.360. The number of hydrogen-bond donors (Lipinski definition) is 4. The summed E-state index contributed by atoms with van der Waals surface area (Å²) in [4.78, 5) is 24.2. The minimum Gasteiger partial charge on any atom is -0.398 e. The van der Waals surface area contributed by atoms with Crippen LogP contribution in [0.25, 0.3) is 11.4 Å². The van der Waals surface area contributed by atoms with Crippen LogP contribution in [0.15, 0.2) is 47.6 Å². The minimum atomic E-state index is -0.792. The lowest BCUT2D eigenvalue weighted by Gasteiger charge is -2.31. The highest BCUT2D eigenvalue weighted by molar-refractivity contribution is 6.06. The van der Waals surface area contributed by atoms with Crippen LogP contribution in [0.4, 0.5) is 17.1 Å². The van der Waals surface area contributed by atoms with Crippen LogP contribution in [-0.4, -0.2) is 70.9 Å². The van der Waals surface area contributed by atoms with Crippen molar-refractivity contribution in [1.29, 1.82) is 0 Å². The number of morpholine rings is 1. The van der Waals surface area contributed by atoms with Crippen LogP contribution in [-0.2, 0) is 4.74 Å². The Kier molecular flexibility index (Phi) is 7.42. The number of aromatic nitrogens is 3. The number of nitrogen functional groups attached to an aromatic ring is 1. The summed E-state index contributed by atoms with van der Waals surface area (Å²) >= 11 is 0. The normalized spacial score (nSPS) is 14.4. The third-order valence-electron chi connectivity index (χ3n) is 5.64. The second kappa shape index (κ2) is 10.7. The molecule has 0 bridgehead atoms. The van der Waals surface area contributed by atoms with Crippen LogP contribution in [0.3, 0.4) is 0 Å². The lowest BCUT2D eigenvalue weighted by atomic mass is 10.1. The standard InChI is InChI=1S/C25H31N7O3/c1-25(2,34)7-9-27-16-17-14-22(23(15-18(17)26)32-10-12-35-13-11-32)30-24(33)21-5-3-4-19(29-21)20-6-8-28-31-20/h3-6,8,14-16,34H,7,9-13,26H2,1-2H3,(H,28,31)(H,30,33). The number of nitrogens with zero attached hydrogens (tertiary/aromatic N) is 4. The van der Waals surface area contributed by atoms with Gasteiger partial charge in [-0.25, -0.2) is 4.98 Å². The Balaban J connectivity index is 1.61. The van der Waals surface area contributed by atoms with E-state index in [1.54, 1.807) is 44.5 Å². The highest BCUT2D eigenvalue weighted by Crippen LogP contribution is 2.32. The van der Waals surface area contributed by atoms with Crippen LogP contribution in [0.2, 0.25) is 0 Å². The number of hydrogen-bond acceptors (Lipinski definition) is 8. The van der Waals surface area contributed by atoms with Gasteiger partial charge in [-0.1, -0.05) is 6.07 Å². The van der Waals surface area contributed by atoms with Crippen molar-refractivity contribution in [1.82, 2.24) is 15.2 Å². The van der Waals surface area contributed by atoms with Gasteiger partial charge in [-0.15, -0.1) is 0 Å². The number of aromatic amines is 1. The molecule has 0 aliphatic carbocycles. The van der Waals surface area contributed by atoms with Gasteiger partial charge in [-0.05, 0) is 50.6 Å². The fourth-order valence-electron chi connectivity index (χ4n) is 3.70. The molecule has 1 aromatic carbocycles. The zero-order chi connectivity index (χ0) is 24.8. The second-order valence-electron chi connectivity index (χ2n) is 9.03. The predicted octanol–water partition coefficient (Wildman–Crippen LogP) is 2.72. The van der Waals surface area contributed by atoms with Crippen molar-refractivity contribution in [2.75, 3.05) is 48.8 Å². The Morgan fingerprint density at radius 2 is 2.11 bits per heavy atom. The number of anilines is 3. The minimum absolute atomic E-state index is 0.280. The number of benzene rings is 1. The van der Waals surface area contributed by atoms with Crippen molar-refractivity contribution < 1.29 is 14.6 Å². The van der Waals surface area contributed by atoms with Gasteiger partial charge in [0.05, 0.1) is 41.6 Å². The molecule has 0 atom stereocenters. The van der Waals surface area contributed by atoms with Gasteiger partial charge in [0.15, 0.2) is 0 Å². The molecule has 3 heterocycles. The highest BCUT2D eigenvalue weighted by atomic mass is 16.5. The number of pyridine rings is 1. The van der Waals surface area contributed by atoms with Gasteiger partial charge in [0.1, 0.15) is 5.69 Å². The molecule has 1 aliphatic heterocycles. The lowest BCUT2D eigenvalue weighted by Crippen LogP contribution is -2.37. The number of carbonyl (C=O) groups excluding carboxylic acids is 1. The molecule has 35 heavy (non-hydrogen) atoms. The summed E-state index contributed by atoms with van der Waals surface area (Å²) in [5.41, 5.74) is 9.86. The van der Waals surface area contributed by atoms with Crippen LogP contribution in [0.1, 0.15) is 36.3 Å². The molecule has 5 N–H and O–H groups in total. The van der Waals surface area contributed by atoms with Crippen molar-refractivity contribution >= 4 is 29.2 Å². The van der Waals surface area contributed by atoms with Crippen LogP contribution in [0, 0.1) is 0 Å². The van der Waals surface area contributed by atoms with Crippen molar-refractivity contribution in [2.45, 2.75) is 25.9 Å².